The van der Waals surface area contributed by atoms with E-state index in [4.69, 9.17) is 14.5 Å². The van der Waals surface area contributed by atoms with Crippen LogP contribution in [0.2, 0.25) is 0 Å². The van der Waals surface area contributed by atoms with Crippen LogP contribution in [0.25, 0.3) is 0 Å². The summed E-state index contributed by atoms with van der Waals surface area (Å²) in [6, 6.07) is 5.88. The quantitative estimate of drug-likeness (QED) is 0.260. The summed E-state index contributed by atoms with van der Waals surface area (Å²) in [5, 5.41) is 6.79. The number of hydrogen-bond acceptors (Lipinski definition) is 4. The molecule has 7 heteroatoms. The minimum Gasteiger partial charge on any atom is -0.497 e. The van der Waals surface area contributed by atoms with Crippen molar-refractivity contribution >= 4 is 29.9 Å². The third-order valence-corrected chi connectivity index (χ3v) is 3.63. The Morgan fingerprint density at radius 2 is 1.88 bits per heavy atom. The summed E-state index contributed by atoms with van der Waals surface area (Å²) in [6.07, 6.45) is 0. The molecular formula is C19H35IN4O2. The highest BCUT2D eigenvalue weighted by molar-refractivity contribution is 14.0. The van der Waals surface area contributed by atoms with Gasteiger partial charge < -0.3 is 25.0 Å². The lowest BCUT2D eigenvalue weighted by atomic mass is 10.1. The Morgan fingerprint density at radius 1 is 1.19 bits per heavy atom. The lowest BCUT2D eigenvalue weighted by Gasteiger charge is -2.24. The van der Waals surface area contributed by atoms with Crippen LogP contribution in [-0.2, 0) is 6.54 Å². The van der Waals surface area contributed by atoms with Crippen LogP contribution in [-0.4, -0.2) is 57.3 Å². The number of ether oxygens (including phenoxy) is 2. The molecule has 0 aliphatic heterocycles. The minimum atomic E-state index is 0. The van der Waals surface area contributed by atoms with Crippen molar-refractivity contribution in [2.45, 2.75) is 39.8 Å². The first-order chi connectivity index (χ1) is 11.8. The van der Waals surface area contributed by atoms with Crippen LogP contribution in [0.5, 0.6) is 11.5 Å². The number of nitrogens with zero attached hydrogens (tertiary/aromatic N) is 2. The van der Waals surface area contributed by atoms with E-state index in [0.717, 1.165) is 42.7 Å². The van der Waals surface area contributed by atoms with Crippen molar-refractivity contribution in [1.82, 2.24) is 15.5 Å². The molecular weight excluding hydrogens is 443 g/mol. The Kier molecular flexibility index (Phi) is 11.6. The van der Waals surface area contributed by atoms with Crippen LogP contribution in [0, 0.1) is 0 Å². The molecule has 1 rings (SSSR count). The molecule has 1 aromatic rings. The first-order valence-corrected chi connectivity index (χ1v) is 8.76. The van der Waals surface area contributed by atoms with E-state index >= 15 is 0 Å². The van der Waals surface area contributed by atoms with Gasteiger partial charge in [0.05, 0.1) is 20.8 Å². The van der Waals surface area contributed by atoms with Gasteiger partial charge in [0.2, 0.25) is 0 Å². The minimum absolute atomic E-state index is 0. The number of rotatable bonds is 8. The molecule has 0 saturated carbocycles. The Morgan fingerprint density at radius 3 is 2.42 bits per heavy atom. The molecule has 26 heavy (non-hydrogen) atoms. The van der Waals surface area contributed by atoms with E-state index in [1.54, 1.807) is 14.2 Å². The van der Waals surface area contributed by atoms with Gasteiger partial charge in [-0.25, -0.2) is 0 Å². The van der Waals surface area contributed by atoms with E-state index in [1.165, 1.54) is 0 Å². The van der Waals surface area contributed by atoms with Crippen LogP contribution >= 0.6 is 24.0 Å². The first kappa shape index (κ1) is 24.8. The zero-order valence-corrected chi connectivity index (χ0v) is 19.5. The third-order valence-electron chi connectivity index (χ3n) is 3.63. The fourth-order valence-corrected chi connectivity index (χ4v) is 2.38. The normalized spacial score (nSPS) is 11.6. The Labute approximate surface area is 175 Å². The van der Waals surface area contributed by atoms with Crippen LogP contribution in [0.4, 0.5) is 0 Å². The van der Waals surface area contributed by atoms with Gasteiger partial charge in [0, 0.05) is 43.9 Å². The molecule has 0 heterocycles. The molecule has 0 atom stereocenters. The van der Waals surface area contributed by atoms with Gasteiger partial charge in [-0.2, -0.15) is 0 Å². The number of halogens is 1. The van der Waals surface area contributed by atoms with E-state index < -0.39 is 0 Å². The zero-order valence-electron chi connectivity index (χ0n) is 17.2. The van der Waals surface area contributed by atoms with Gasteiger partial charge in [-0.05, 0) is 39.8 Å². The largest absolute Gasteiger partial charge is 0.497 e. The molecule has 0 spiro atoms. The van der Waals surface area contributed by atoms with Crippen molar-refractivity contribution < 1.29 is 9.47 Å². The molecule has 6 nitrogen and oxygen atoms in total. The molecule has 2 N–H and O–H groups in total. The molecule has 0 amide bonds. The third kappa shape index (κ3) is 8.93. The average Bonchev–Trinajstić information content (AvgIpc) is 2.56. The van der Waals surface area contributed by atoms with E-state index in [0.29, 0.717) is 6.54 Å². The van der Waals surface area contributed by atoms with E-state index in [2.05, 4.69) is 43.2 Å². The average molecular weight is 478 g/mol. The van der Waals surface area contributed by atoms with Crippen molar-refractivity contribution in [3.8, 4) is 11.5 Å². The van der Waals surface area contributed by atoms with Gasteiger partial charge in [0.25, 0.3) is 0 Å². The van der Waals surface area contributed by atoms with Crippen LogP contribution in [0.3, 0.4) is 0 Å². The lowest BCUT2D eigenvalue weighted by molar-refractivity contribution is 0.382. The highest BCUT2D eigenvalue weighted by atomic mass is 127. The number of guanidine groups is 1. The second kappa shape index (κ2) is 12.2. The Hall–Kier alpha value is -1.22. The predicted octanol–water partition coefficient (Wildman–Crippen LogP) is 3.11. The number of methoxy groups -OCH3 is 2. The van der Waals surface area contributed by atoms with Gasteiger partial charge in [0.1, 0.15) is 11.5 Å². The highest BCUT2D eigenvalue weighted by Crippen LogP contribution is 2.25. The lowest BCUT2D eigenvalue weighted by Crippen LogP contribution is -2.40. The molecule has 150 valence electrons. The summed E-state index contributed by atoms with van der Waals surface area (Å²) in [5.74, 6) is 2.49. The monoisotopic (exact) mass is 478 g/mol. The smallest absolute Gasteiger partial charge is 0.194 e. The standard InChI is InChI=1S/C19H34N4O2.HI/c1-8-20-18(21-11-12-22-19(2,3)4)23(5)14-15-9-10-16(24-6)13-17(15)25-7;/h9-10,13,22H,8,11-12,14H2,1-7H3,(H,20,21);1H. The van der Waals surface area contributed by atoms with Gasteiger partial charge in [-0.15, -0.1) is 24.0 Å². The number of aliphatic imine (C=N–C) groups is 1. The first-order valence-electron chi connectivity index (χ1n) is 8.76. The molecule has 0 aliphatic rings. The molecule has 0 saturated heterocycles. The van der Waals surface area contributed by atoms with Crippen molar-refractivity contribution in [2.75, 3.05) is 40.9 Å². The second-order valence-electron chi connectivity index (χ2n) is 6.95. The fraction of sp³-hybridized carbons (Fsp3) is 0.632. The van der Waals surface area contributed by atoms with E-state index in [9.17, 15) is 0 Å². The number of benzene rings is 1. The summed E-state index contributed by atoms with van der Waals surface area (Å²) < 4.78 is 10.7. The molecule has 0 unspecified atom stereocenters. The van der Waals surface area contributed by atoms with Crippen LogP contribution < -0.4 is 20.1 Å². The molecule has 0 aliphatic carbocycles. The van der Waals surface area contributed by atoms with Crippen LogP contribution in [0.15, 0.2) is 23.2 Å². The molecule has 0 bridgehead atoms. The Balaban J connectivity index is 0.00000625. The maximum absolute atomic E-state index is 5.49. The van der Waals surface area contributed by atoms with Gasteiger partial charge in [-0.3, -0.25) is 4.99 Å². The van der Waals surface area contributed by atoms with E-state index in [1.807, 2.05) is 25.2 Å². The van der Waals surface area contributed by atoms with Gasteiger partial charge >= 0.3 is 0 Å². The summed E-state index contributed by atoms with van der Waals surface area (Å²) in [4.78, 5) is 6.81. The van der Waals surface area contributed by atoms with Crippen LogP contribution in [0.1, 0.15) is 33.3 Å². The van der Waals surface area contributed by atoms with Crippen molar-refractivity contribution in [1.29, 1.82) is 0 Å². The van der Waals surface area contributed by atoms with Gasteiger partial charge in [-0.1, -0.05) is 0 Å². The maximum atomic E-state index is 5.49. The second-order valence-corrected chi connectivity index (χ2v) is 6.95. The molecule has 0 aromatic heterocycles. The summed E-state index contributed by atoms with van der Waals surface area (Å²) in [7, 11) is 5.36. The van der Waals surface area contributed by atoms with Crippen molar-refractivity contribution in [3.63, 3.8) is 0 Å². The van der Waals surface area contributed by atoms with Crippen molar-refractivity contribution in [2.24, 2.45) is 4.99 Å². The highest BCUT2D eigenvalue weighted by Gasteiger charge is 2.12. The predicted molar refractivity (Wildman–Crippen MR) is 120 cm³/mol. The summed E-state index contributed by atoms with van der Waals surface area (Å²) >= 11 is 0. The van der Waals surface area contributed by atoms with Gasteiger partial charge in [0.15, 0.2) is 5.96 Å². The zero-order chi connectivity index (χ0) is 18.9. The molecule has 0 radical (unpaired) electrons. The summed E-state index contributed by atoms with van der Waals surface area (Å²) in [6.45, 7) is 11.6. The molecule has 1 aromatic carbocycles. The fourth-order valence-electron chi connectivity index (χ4n) is 2.38. The maximum Gasteiger partial charge on any atom is 0.194 e. The van der Waals surface area contributed by atoms with Crippen molar-refractivity contribution in [3.05, 3.63) is 23.8 Å². The summed E-state index contributed by atoms with van der Waals surface area (Å²) in [5.41, 5.74) is 1.19. The topological polar surface area (TPSA) is 58.1 Å². The molecule has 0 fully saturated rings. The Bertz CT molecular complexity index is 559. The number of nitrogens with one attached hydrogen (secondary N) is 2. The number of hydrogen-bond donors (Lipinski definition) is 2. The SMILES string of the molecule is CCNC(=NCCNC(C)(C)C)N(C)Cc1ccc(OC)cc1OC.I. The van der Waals surface area contributed by atoms with E-state index in [-0.39, 0.29) is 29.5 Å².